The van der Waals surface area contributed by atoms with Gasteiger partial charge in [0.1, 0.15) is 11.5 Å². The van der Waals surface area contributed by atoms with Gasteiger partial charge in [-0.05, 0) is 81.6 Å². The molecule has 38 heavy (non-hydrogen) atoms. The van der Waals surface area contributed by atoms with E-state index >= 15 is 0 Å². The van der Waals surface area contributed by atoms with Crippen LogP contribution in [0.2, 0.25) is 0 Å². The lowest BCUT2D eigenvalue weighted by Gasteiger charge is -2.27. The topological polar surface area (TPSA) is 70.1 Å². The predicted octanol–water partition coefficient (Wildman–Crippen LogP) is 6.51. The van der Waals surface area contributed by atoms with Crippen LogP contribution in [-0.2, 0) is 16.0 Å². The van der Waals surface area contributed by atoms with Gasteiger partial charge in [-0.25, -0.2) is 0 Å². The van der Waals surface area contributed by atoms with Crippen LogP contribution in [0.15, 0.2) is 78.4 Å². The van der Waals surface area contributed by atoms with Crippen molar-refractivity contribution in [1.82, 2.24) is 0 Å². The van der Waals surface area contributed by atoms with Gasteiger partial charge in [0.25, 0.3) is 11.7 Å². The van der Waals surface area contributed by atoms with Gasteiger partial charge in [-0.2, -0.15) is 0 Å². The van der Waals surface area contributed by atoms with Crippen molar-refractivity contribution in [2.45, 2.75) is 53.2 Å². The SMILES string of the molecule is CCc1ccc(N2C(=O)C(=O)/C(=C(\O)c3cccc(OC(C)C)c3)C2c2ccc(N(CC)CC)cc2)cc1. The lowest BCUT2D eigenvalue weighted by atomic mass is 9.94. The van der Waals surface area contributed by atoms with Gasteiger partial charge in [-0.15, -0.1) is 0 Å². The maximum atomic E-state index is 13.5. The van der Waals surface area contributed by atoms with Crippen LogP contribution in [0.3, 0.4) is 0 Å². The summed E-state index contributed by atoms with van der Waals surface area (Å²) in [4.78, 5) is 30.7. The first-order chi connectivity index (χ1) is 18.3. The number of aryl methyl sites for hydroxylation is 1. The third kappa shape index (κ3) is 5.30. The zero-order valence-electron chi connectivity index (χ0n) is 22.8. The summed E-state index contributed by atoms with van der Waals surface area (Å²) in [5, 5.41) is 11.5. The van der Waals surface area contributed by atoms with Gasteiger partial charge >= 0.3 is 0 Å². The van der Waals surface area contributed by atoms with Crippen LogP contribution in [0.5, 0.6) is 5.75 Å². The molecule has 198 valence electrons. The molecule has 0 bridgehead atoms. The summed E-state index contributed by atoms with van der Waals surface area (Å²) in [6.45, 7) is 11.8. The minimum absolute atomic E-state index is 0.0478. The highest BCUT2D eigenvalue weighted by atomic mass is 16.5. The summed E-state index contributed by atoms with van der Waals surface area (Å²) in [7, 11) is 0. The molecule has 1 fully saturated rings. The first-order valence-electron chi connectivity index (χ1n) is 13.3. The Hall–Kier alpha value is -4.06. The molecule has 6 heteroatoms. The molecule has 1 N–H and O–H groups in total. The van der Waals surface area contributed by atoms with Crippen LogP contribution in [0.25, 0.3) is 5.76 Å². The van der Waals surface area contributed by atoms with Gasteiger partial charge in [-0.1, -0.05) is 43.3 Å². The molecule has 1 aliphatic heterocycles. The zero-order valence-corrected chi connectivity index (χ0v) is 22.8. The molecule has 0 spiro atoms. The van der Waals surface area contributed by atoms with Gasteiger partial charge < -0.3 is 14.7 Å². The second-order valence-corrected chi connectivity index (χ2v) is 9.65. The smallest absolute Gasteiger partial charge is 0.300 e. The van der Waals surface area contributed by atoms with E-state index in [9.17, 15) is 14.7 Å². The molecule has 1 saturated heterocycles. The van der Waals surface area contributed by atoms with E-state index in [-0.39, 0.29) is 17.4 Å². The largest absolute Gasteiger partial charge is 0.507 e. The van der Waals surface area contributed by atoms with Crippen molar-refractivity contribution in [2.24, 2.45) is 0 Å². The van der Waals surface area contributed by atoms with Crippen molar-refractivity contribution in [1.29, 1.82) is 0 Å². The number of aliphatic hydroxyl groups is 1. The standard InChI is InChI=1S/C32H36N2O4/c1-6-22-12-16-26(17-13-22)34-29(23-14-18-25(19-15-23)33(7-2)8-3)28(31(36)32(34)37)30(35)24-10-9-11-27(20-24)38-21(4)5/h9-21,29,35H,6-8H2,1-5H3/b30-28-. The third-order valence-electron chi connectivity index (χ3n) is 6.88. The molecule has 3 aromatic carbocycles. The second kappa shape index (κ2) is 11.5. The molecule has 4 rings (SSSR count). The number of carbonyl (C=O) groups is 2. The highest BCUT2D eigenvalue weighted by Crippen LogP contribution is 2.42. The number of Topliss-reactive ketones (excluding diaryl/α,β-unsaturated/α-hetero) is 1. The Bertz CT molecular complexity index is 1320. The lowest BCUT2D eigenvalue weighted by molar-refractivity contribution is -0.132. The van der Waals surface area contributed by atoms with E-state index in [1.165, 1.54) is 4.90 Å². The quantitative estimate of drug-likeness (QED) is 0.201. The number of rotatable bonds is 9. The van der Waals surface area contributed by atoms with E-state index in [0.717, 1.165) is 36.3 Å². The molecule has 3 aromatic rings. The Morgan fingerprint density at radius 1 is 0.947 bits per heavy atom. The van der Waals surface area contributed by atoms with Crippen LogP contribution in [-0.4, -0.2) is 36.0 Å². The summed E-state index contributed by atoms with van der Waals surface area (Å²) < 4.78 is 5.80. The van der Waals surface area contributed by atoms with Crippen LogP contribution in [0, 0.1) is 0 Å². The zero-order chi connectivity index (χ0) is 27.4. The fraction of sp³-hybridized carbons (Fsp3) is 0.312. The van der Waals surface area contributed by atoms with Crippen LogP contribution >= 0.6 is 0 Å². The summed E-state index contributed by atoms with van der Waals surface area (Å²) in [6.07, 6.45) is 0.817. The van der Waals surface area contributed by atoms with Crippen LogP contribution in [0.1, 0.15) is 57.4 Å². The van der Waals surface area contributed by atoms with Gasteiger partial charge in [0.2, 0.25) is 0 Å². The van der Waals surface area contributed by atoms with E-state index in [1.54, 1.807) is 24.3 Å². The summed E-state index contributed by atoms with van der Waals surface area (Å²) in [6, 6.07) is 21.7. The van der Waals surface area contributed by atoms with E-state index in [2.05, 4.69) is 25.7 Å². The molecule has 0 radical (unpaired) electrons. The molecular formula is C32H36N2O4. The molecule has 1 heterocycles. The Balaban J connectivity index is 1.87. The number of amides is 1. The minimum atomic E-state index is -0.775. The molecule has 0 saturated carbocycles. The van der Waals surface area contributed by atoms with Crippen molar-refractivity contribution < 1.29 is 19.4 Å². The molecule has 0 aromatic heterocycles. The third-order valence-corrected chi connectivity index (χ3v) is 6.88. The average molecular weight is 513 g/mol. The monoisotopic (exact) mass is 512 g/mol. The van der Waals surface area contributed by atoms with E-state index in [1.807, 2.05) is 62.4 Å². The van der Waals surface area contributed by atoms with Crippen LogP contribution in [0.4, 0.5) is 11.4 Å². The van der Waals surface area contributed by atoms with Crippen molar-refractivity contribution in [2.75, 3.05) is 22.9 Å². The van der Waals surface area contributed by atoms with Crippen molar-refractivity contribution in [3.63, 3.8) is 0 Å². The Labute approximate surface area is 225 Å². The number of hydrogen-bond acceptors (Lipinski definition) is 5. The lowest BCUT2D eigenvalue weighted by Crippen LogP contribution is -2.29. The number of benzene rings is 3. The normalized spacial score (nSPS) is 16.8. The van der Waals surface area contributed by atoms with Crippen molar-refractivity contribution in [3.8, 4) is 5.75 Å². The van der Waals surface area contributed by atoms with Gasteiger partial charge in [0, 0.05) is 30.0 Å². The average Bonchev–Trinajstić information content (AvgIpc) is 3.19. The van der Waals surface area contributed by atoms with Crippen LogP contribution < -0.4 is 14.5 Å². The van der Waals surface area contributed by atoms with E-state index in [4.69, 9.17) is 4.74 Å². The van der Waals surface area contributed by atoms with E-state index < -0.39 is 17.7 Å². The Kier molecular flexibility index (Phi) is 8.20. The number of hydrogen-bond donors (Lipinski definition) is 1. The Morgan fingerprint density at radius 3 is 2.18 bits per heavy atom. The molecule has 1 aliphatic rings. The van der Waals surface area contributed by atoms with Gasteiger partial charge in [0.15, 0.2) is 0 Å². The second-order valence-electron chi connectivity index (χ2n) is 9.65. The molecule has 1 atom stereocenters. The Morgan fingerprint density at radius 2 is 1.61 bits per heavy atom. The fourth-order valence-corrected chi connectivity index (χ4v) is 4.91. The van der Waals surface area contributed by atoms with Gasteiger partial charge in [-0.3, -0.25) is 14.5 Å². The maximum absolute atomic E-state index is 13.5. The highest BCUT2D eigenvalue weighted by molar-refractivity contribution is 6.51. The first-order valence-corrected chi connectivity index (χ1v) is 13.3. The molecule has 6 nitrogen and oxygen atoms in total. The predicted molar refractivity (Wildman–Crippen MR) is 153 cm³/mol. The summed E-state index contributed by atoms with van der Waals surface area (Å²) in [5.41, 5.74) is 4.03. The number of nitrogens with zero attached hydrogens (tertiary/aromatic N) is 2. The maximum Gasteiger partial charge on any atom is 0.300 e. The molecule has 0 aliphatic carbocycles. The van der Waals surface area contributed by atoms with Crippen molar-refractivity contribution in [3.05, 3.63) is 95.1 Å². The number of anilines is 2. The molecule has 1 amide bonds. The van der Waals surface area contributed by atoms with Crippen molar-refractivity contribution >= 4 is 28.8 Å². The minimum Gasteiger partial charge on any atom is -0.507 e. The van der Waals surface area contributed by atoms with E-state index in [0.29, 0.717) is 17.0 Å². The molecule has 1 unspecified atom stereocenters. The summed E-state index contributed by atoms with van der Waals surface area (Å²) >= 11 is 0. The number of carbonyl (C=O) groups excluding carboxylic acids is 2. The first kappa shape index (κ1) is 27.0. The highest BCUT2D eigenvalue weighted by Gasteiger charge is 2.47. The number of ether oxygens (including phenoxy) is 1. The number of aliphatic hydroxyl groups excluding tert-OH is 1. The fourth-order valence-electron chi connectivity index (χ4n) is 4.91. The summed E-state index contributed by atoms with van der Waals surface area (Å²) in [5.74, 6) is -1.02. The number of ketones is 1. The molecular weight excluding hydrogens is 476 g/mol. The van der Waals surface area contributed by atoms with Gasteiger partial charge in [0.05, 0.1) is 17.7 Å².